The number of fused-ring (bicyclic) bond motifs is 1. The van der Waals surface area contributed by atoms with Crippen molar-refractivity contribution >= 4 is 51.5 Å². The van der Waals surface area contributed by atoms with Gasteiger partial charge in [-0.2, -0.15) is 0 Å². The van der Waals surface area contributed by atoms with Gasteiger partial charge in [-0.3, -0.25) is 14.9 Å². The van der Waals surface area contributed by atoms with Gasteiger partial charge < -0.3 is 4.74 Å². The van der Waals surface area contributed by atoms with Crippen LogP contribution in [0, 0.1) is 10.1 Å². The Morgan fingerprint density at radius 3 is 2.39 bits per heavy atom. The number of nitro benzene ring substituents is 1. The summed E-state index contributed by atoms with van der Waals surface area (Å²) in [5.41, 5.74) is 1.79. The largest absolute Gasteiger partial charge is 0.454 e. The van der Waals surface area contributed by atoms with Gasteiger partial charge in [-0.15, -0.1) is 0 Å². The van der Waals surface area contributed by atoms with Crippen molar-refractivity contribution in [3.8, 4) is 11.3 Å². The van der Waals surface area contributed by atoms with Crippen LogP contribution in [-0.2, 0) is 4.74 Å². The number of carbonyl (C=O) groups is 2. The average molecular weight is 481 g/mol. The molecule has 7 nitrogen and oxygen atoms in total. The molecule has 0 radical (unpaired) electrons. The quantitative estimate of drug-likeness (QED) is 0.142. The van der Waals surface area contributed by atoms with Gasteiger partial charge in [0.25, 0.3) is 5.69 Å². The predicted octanol–water partition coefficient (Wildman–Crippen LogP) is 6.16. The van der Waals surface area contributed by atoms with Gasteiger partial charge in [0.15, 0.2) is 6.61 Å². The van der Waals surface area contributed by atoms with Crippen LogP contribution in [0.3, 0.4) is 0 Å². The van der Waals surface area contributed by atoms with Gasteiger partial charge in [0.1, 0.15) is 0 Å². The van der Waals surface area contributed by atoms with Gasteiger partial charge in [-0.05, 0) is 36.4 Å². The number of rotatable bonds is 6. The second kappa shape index (κ2) is 9.36. The molecule has 0 saturated carbocycles. The van der Waals surface area contributed by atoms with Crippen molar-refractivity contribution in [1.29, 1.82) is 0 Å². The van der Waals surface area contributed by atoms with Crippen LogP contribution in [0.1, 0.15) is 20.7 Å². The summed E-state index contributed by atoms with van der Waals surface area (Å²) in [7, 11) is 0. The molecule has 0 unspecified atom stereocenters. The summed E-state index contributed by atoms with van der Waals surface area (Å²) in [4.78, 5) is 40.3. The number of carbonyl (C=O) groups excluding carboxylic acids is 2. The molecule has 0 fully saturated rings. The molecule has 0 N–H and O–H groups in total. The molecule has 0 aliphatic heterocycles. The number of esters is 1. The lowest BCUT2D eigenvalue weighted by Crippen LogP contribution is -2.15. The Labute approximate surface area is 197 Å². The van der Waals surface area contributed by atoms with E-state index in [9.17, 15) is 19.7 Å². The summed E-state index contributed by atoms with van der Waals surface area (Å²) < 4.78 is 5.25. The second-order valence-electron chi connectivity index (χ2n) is 7.03. The minimum atomic E-state index is -0.751. The number of nitrogens with zero attached hydrogens (tertiary/aromatic N) is 2. The smallest absolute Gasteiger partial charge is 0.339 e. The van der Waals surface area contributed by atoms with Crippen molar-refractivity contribution < 1.29 is 19.2 Å². The Kier molecular flexibility index (Phi) is 6.35. The summed E-state index contributed by atoms with van der Waals surface area (Å²) in [6.07, 6.45) is 0. The number of ketones is 1. The van der Waals surface area contributed by atoms with E-state index in [1.165, 1.54) is 18.2 Å². The molecule has 9 heteroatoms. The van der Waals surface area contributed by atoms with Crippen molar-refractivity contribution in [3.05, 3.63) is 104 Å². The third-order valence-corrected chi connectivity index (χ3v) is 5.33. The topological polar surface area (TPSA) is 99.4 Å². The molecule has 0 amide bonds. The molecule has 0 saturated heterocycles. The summed E-state index contributed by atoms with van der Waals surface area (Å²) in [5, 5.41) is 12.4. The Balaban J connectivity index is 1.64. The maximum Gasteiger partial charge on any atom is 0.339 e. The summed E-state index contributed by atoms with van der Waals surface area (Å²) in [5.74, 6) is -1.32. The molecule has 4 aromatic rings. The number of nitro groups is 1. The molecule has 1 heterocycles. The lowest BCUT2D eigenvalue weighted by molar-refractivity contribution is -0.384. The lowest BCUT2D eigenvalue weighted by atomic mass is 10.0. The van der Waals surface area contributed by atoms with Gasteiger partial charge in [-0.1, -0.05) is 47.5 Å². The van der Waals surface area contributed by atoms with E-state index in [4.69, 9.17) is 27.9 Å². The maximum atomic E-state index is 12.9. The molecule has 3 aromatic carbocycles. The highest BCUT2D eigenvalue weighted by atomic mass is 35.5. The number of hydrogen-bond donors (Lipinski definition) is 0. The van der Waals surface area contributed by atoms with Gasteiger partial charge in [0.05, 0.1) is 21.7 Å². The number of aromatic nitrogens is 1. The highest BCUT2D eigenvalue weighted by Crippen LogP contribution is 2.28. The first-order valence-electron chi connectivity index (χ1n) is 9.63. The first kappa shape index (κ1) is 22.4. The van der Waals surface area contributed by atoms with Gasteiger partial charge in [0, 0.05) is 38.7 Å². The van der Waals surface area contributed by atoms with Crippen LogP contribution in [0.15, 0.2) is 72.8 Å². The van der Waals surface area contributed by atoms with Gasteiger partial charge >= 0.3 is 5.97 Å². The molecule has 0 bridgehead atoms. The summed E-state index contributed by atoms with van der Waals surface area (Å²) in [6.45, 7) is -0.583. The SMILES string of the molecule is O=C(COC(=O)c1cc(-c2ccc(Cl)cc2)nc2ccc(Cl)cc12)c1cccc([N+](=O)[O-])c1. The van der Waals surface area contributed by atoms with Gasteiger partial charge in [0.2, 0.25) is 5.78 Å². The fourth-order valence-electron chi connectivity index (χ4n) is 3.22. The Morgan fingerprint density at radius 1 is 0.939 bits per heavy atom. The minimum Gasteiger partial charge on any atom is -0.454 e. The molecular weight excluding hydrogens is 467 g/mol. The van der Waals surface area contributed by atoms with Crippen LogP contribution in [0.25, 0.3) is 22.2 Å². The van der Waals surface area contributed by atoms with Crippen molar-refractivity contribution in [2.24, 2.45) is 0 Å². The van der Waals surface area contributed by atoms with E-state index in [1.807, 2.05) is 0 Å². The van der Waals surface area contributed by atoms with Crippen LogP contribution in [0.4, 0.5) is 5.69 Å². The Hall–Kier alpha value is -3.81. The molecule has 0 spiro atoms. The molecule has 1 aromatic heterocycles. The highest BCUT2D eigenvalue weighted by molar-refractivity contribution is 6.31. The zero-order chi connectivity index (χ0) is 23.5. The van der Waals surface area contributed by atoms with Crippen LogP contribution in [-0.4, -0.2) is 28.3 Å². The summed E-state index contributed by atoms with van der Waals surface area (Å²) >= 11 is 12.1. The van der Waals surface area contributed by atoms with E-state index in [-0.39, 0.29) is 16.8 Å². The monoisotopic (exact) mass is 480 g/mol. The lowest BCUT2D eigenvalue weighted by Gasteiger charge is -2.10. The van der Waals surface area contributed by atoms with Crippen molar-refractivity contribution in [3.63, 3.8) is 0 Å². The van der Waals surface area contributed by atoms with Crippen molar-refractivity contribution in [2.75, 3.05) is 6.61 Å². The number of Topliss-reactive ketones (excluding diaryl/α,β-unsaturated/α-hetero) is 1. The van der Waals surface area contributed by atoms with Crippen LogP contribution >= 0.6 is 23.2 Å². The van der Waals surface area contributed by atoms with E-state index in [2.05, 4.69) is 4.98 Å². The number of benzene rings is 3. The highest BCUT2D eigenvalue weighted by Gasteiger charge is 2.18. The number of non-ortho nitro benzene ring substituents is 1. The Bertz CT molecular complexity index is 1400. The van der Waals surface area contributed by atoms with Crippen molar-refractivity contribution in [1.82, 2.24) is 4.98 Å². The molecule has 0 aliphatic rings. The number of halogens is 2. The van der Waals surface area contributed by atoms with Crippen LogP contribution in [0.5, 0.6) is 0 Å². The molecule has 33 heavy (non-hydrogen) atoms. The molecular formula is C24H14Cl2N2O5. The Morgan fingerprint density at radius 2 is 1.67 bits per heavy atom. The average Bonchev–Trinajstić information content (AvgIpc) is 2.82. The normalized spacial score (nSPS) is 10.7. The van der Waals surface area contributed by atoms with Crippen LogP contribution in [0.2, 0.25) is 10.0 Å². The second-order valence-corrected chi connectivity index (χ2v) is 7.90. The standard InChI is InChI=1S/C24H14Cl2N2O5/c25-16-6-4-14(5-7-16)22-12-20(19-11-17(26)8-9-21(19)27-22)24(30)33-13-23(29)15-2-1-3-18(10-15)28(31)32/h1-12H,13H2. The molecule has 0 atom stereocenters. The third-order valence-electron chi connectivity index (χ3n) is 4.84. The van der Waals surface area contributed by atoms with Crippen LogP contribution < -0.4 is 0 Å². The zero-order valence-electron chi connectivity index (χ0n) is 16.8. The zero-order valence-corrected chi connectivity index (χ0v) is 18.3. The fourth-order valence-corrected chi connectivity index (χ4v) is 3.52. The van der Waals surface area contributed by atoms with Gasteiger partial charge in [-0.25, -0.2) is 9.78 Å². The minimum absolute atomic E-state index is 0.0708. The number of hydrogen-bond acceptors (Lipinski definition) is 6. The van der Waals surface area contributed by atoms with E-state index in [0.717, 1.165) is 11.6 Å². The van der Waals surface area contributed by atoms with E-state index in [0.29, 0.717) is 26.6 Å². The number of ether oxygens (including phenoxy) is 1. The first-order chi connectivity index (χ1) is 15.8. The predicted molar refractivity (Wildman–Crippen MR) is 125 cm³/mol. The van der Waals surface area contributed by atoms with E-state index in [1.54, 1.807) is 48.5 Å². The number of pyridine rings is 1. The summed E-state index contributed by atoms with van der Waals surface area (Å²) in [6, 6.07) is 18.7. The maximum absolute atomic E-state index is 12.9. The molecule has 164 valence electrons. The molecule has 4 rings (SSSR count). The van der Waals surface area contributed by atoms with E-state index < -0.39 is 23.3 Å². The first-order valence-corrected chi connectivity index (χ1v) is 10.4. The fraction of sp³-hybridized carbons (Fsp3) is 0.0417. The third kappa shape index (κ3) is 5.00. The molecule has 0 aliphatic carbocycles. The van der Waals surface area contributed by atoms with Crippen molar-refractivity contribution in [2.45, 2.75) is 0 Å². The van der Waals surface area contributed by atoms with E-state index >= 15 is 0 Å².